The molecule has 4 nitrogen and oxygen atoms in total. The van der Waals surface area contributed by atoms with E-state index in [0.29, 0.717) is 5.75 Å². The van der Waals surface area contributed by atoms with Gasteiger partial charge in [-0.15, -0.1) is 0 Å². The molecule has 0 aliphatic rings. The van der Waals surface area contributed by atoms with Gasteiger partial charge in [0, 0.05) is 6.07 Å². The number of carbonyl (C=O) groups is 1. The van der Waals surface area contributed by atoms with Gasteiger partial charge in [-0.25, -0.2) is 4.39 Å². The lowest BCUT2D eigenvalue weighted by molar-refractivity contribution is 0.103. The van der Waals surface area contributed by atoms with Crippen LogP contribution in [-0.2, 0) is 0 Å². The Morgan fingerprint density at radius 2 is 1.89 bits per heavy atom. The molecule has 2 rings (SSSR count). The van der Waals surface area contributed by atoms with E-state index in [0.717, 1.165) is 6.07 Å². The minimum atomic E-state index is -0.668. The number of methoxy groups -OCH3 is 2. The minimum absolute atomic E-state index is 0.0888. The number of hydrogen-bond acceptors (Lipinski definition) is 4. The Balaban J connectivity index is 2.48. The van der Waals surface area contributed by atoms with Crippen molar-refractivity contribution in [2.24, 2.45) is 0 Å². The summed E-state index contributed by atoms with van der Waals surface area (Å²) in [5.41, 5.74) is 0.190. The predicted octanol–water partition coefficient (Wildman–Crippen LogP) is 2.67. The average Bonchev–Trinajstić information content (AvgIpc) is 2.91. The second kappa shape index (κ2) is 4.91. The topological polar surface area (TPSA) is 48.7 Å². The number of furan rings is 1. The number of ether oxygens (including phenoxy) is 2. The first-order valence-corrected chi connectivity index (χ1v) is 5.15. The molecular weight excluding hydrogens is 239 g/mol. The molecule has 94 valence electrons. The zero-order chi connectivity index (χ0) is 13.1. The Morgan fingerprint density at radius 3 is 2.44 bits per heavy atom. The highest BCUT2D eigenvalue weighted by molar-refractivity contribution is 6.09. The summed E-state index contributed by atoms with van der Waals surface area (Å²) in [4.78, 5) is 12.0. The molecule has 0 bridgehead atoms. The van der Waals surface area contributed by atoms with Crippen LogP contribution in [0.2, 0.25) is 0 Å². The monoisotopic (exact) mass is 250 g/mol. The highest BCUT2D eigenvalue weighted by atomic mass is 19.1. The van der Waals surface area contributed by atoms with Crippen molar-refractivity contribution in [2.75, 3.05) is 14.2 Å². The van der Waals surface area contributed by atoms with Crippen LogP contribution in [0.15, 0.2) is 35.1 Å². The van der Waals surface area contributed by atoms with E-state index in [2.05, 4.69) is 0 Å². The Bertz CT molecular complexity index is 561. The molecule has 0 aliphatic carbocycles. The van der Waals surface area contributed by atoms with E-state index >= 15 is 0 Å². The number of rotatable bonds is 4. The second-order valence-corrected chi connectivity index (χ2v) is 3.53. The summed E-state index contributed by atoms with van der Waals surface area (Å²) in [5, 5.41) is 0. The molecular formula is C13H11FO4. The van der Waals surface area contributed by atoms with Crippen molar-refractivity contribution in [2.45, 2.75) is 0 Å². The summed E-state index contributed by atoms with van der Waals surface area (Å²) in [6, 6.07) is 3.90. The molecule has 5 heteroatoms. The van der Waals surface area contributed by atoms with Crippen molar-refractivity contribution in [3.8, 4) is 11.5 Å². The summed E-state index contributed by atoms with van der Waals surface area (Å²) < 4.78 is 28.6. The fourth-order valence-corrected chi connectivity index (χ4v) is 1.58. The lowest BCUT2D eigenvalue weighted by Crippen LogP contribution is -2.04. The van der Waals surface area contributed by atoms with Gasteiger partial charge in [-0.2, -0.15) is 0 Å². The maximum absolute atomic E-state index is 13.8. The van der Waals surface area contributed by atoms with Crippen LogP contribution in [0.3, 0.4) is 0 Å². The minimum Gasteiger partial charge on any atom is -0.493 e. The normalized spacial score (nSPS) is 10.2. The van der Waals surface area contributed by atoms with Crippen LogP contribution >= 0.6 is 0 Å². The van der Waals surface area contributed by atoms with Gasteiger partial charge in [0.15, 0.2) is 17.3 Å². The van der Waals surface area contributed by atoms with Gasteiger partial charge in [-0.05, 0) is 12.1 Å². The van der Waals surface area contributed by atoms with Crippen LogP contribution in [0.25, 0.3) is 0 Å². The molecule has 1 heterocycles. The molecule has 0 aliphatic heterocycles. The SMILES string of the molecule is COc1cc(F)c(C(=O)c2ccoc2)cc1OC. The van der Waals surface area contributed by atoms with Gasteiger partial charge in [-0.3, -0.25) is 4.79 Å². The van der Waals surface area contributed by atoms with Crippen LogP contribution < -0.4 is 9.47 Å². The molecule has 0 N–H and O–H groups in total. The molecule has 0 radical (unpaired) electrons. The Labute approximate surface area is 103 Å². The fourth-order valence-electron chi connectivity index (χ4n) is 1.58. The second-order valence-electron chi connectivity index (χ2n) is 3.53. The Kier molecular flexibility index (Phi) is 3.32. The predicted molar refractivity (Wildman–Crippen MR) is 61.6 cm³/mol. The van der Waals surface area contributed by atoms with Gasteiger partial charge in [0.25, 0.3) is 0 Å². The molecule has 18 heavy (non-hydrogen) atoms. The molecule has 0 fully saturated rings. The number of benzene rings is 1. The Hall–Kier alpha value is -2.30. The van der Waals surface area contributed by atoms with E-state index in [4.69, 9.17) is 13.9 Å². The number of hydrogen-bond donors (Lipinski definition) is 0. The summed E-state index contributed by atoms with van der Waals surface area (Å²) in [6.07, 6.45) is 2.62. The van der Waals surface area contributed by atoms with Crippen molar-refractivity contribution in [1.29, 1.82) is 0 Å². The fraction of sp³-hybridized carbons (Fsp3) is 0.154. The van der Waals surface area contributed by atoms with Gasteiger partial charge < -0.3 is 13.9 Å². The summed E-state index contributed by atoms with van der Waals surface area (Å²) >= 11 is 0. The molecule has 0 spiro atoms. The number of halogens is 1. The Morgan fingerprint density at radius 1 is 1.22 bits per heavy atom. The smallest absolute Gasteiger partial charge is 0.199 e. The number of carbonyl (C=O) groups excluding carboxylic acids is 1. The van der Waals surface area contributed by atoms with Crippen molar-refractivity contribution in [3.63, 3.8) is 0 Å². The van der Waals surface area contributed by atoms with E-state index in [1.807, 2.05) is 0 Å². The van der Waals surface area contributed by atoms with Crippen molar-refractivity contribution in [1.82, 2.24) is 0 Å². The van der Waals surface area contributed by atoms with E-state index in [-0.39, 0.29) is 16.9 Å². The zero-order valence-electron chi connectivity index (χ0n) is 9.90. The zero-order valence-corrected chi connectivity index (χ0v) is 9.90. The van der Waals surface area contributed by atoms with Crippen LogP contribution in [0.1, 0.15) is 15.9 Å². The molecule has 1 aromatic carbocycles. The maximum Gasteiger partial charge on any atom is 0.199 e. The average molecular weight is 250 g/mol. The third-order valence-electron chi connectivity index (χ3n) is 2.50. The third-order valence-corrected chi connectivity index (χ3v) is 2.50. The maximum atomic E-state index is 13.8. The number of ketones is 1. The van der Waals surface area contributed by atoms with Crippen molar-refractivity contribution >= 4 is 5.78 Å². The third kappa shape index (κ3) is 2.07. The molecule has 0 amide bonds. The van der Waals surface area contributed by atoms with Crippen LogP contribution in [0.5, 0.6) is 11.5 Å². The van der Waals surface area contributed by atoms with E-state index in [1.165, 1.54) is 38.9 Å². The summed E-state index contributed by atoms with van der Waals surface area (Å²) in [6.45, 7) is 0. The molecule has 2 aromatic rings. The first-order chi connectivity index (χ1) is 8.67. The van der Waals surface area contributed by atoms with Gasteiger partial charge in [0.1, 0.15) is 12.1 Å². The van der Waals surface area contributed by atoms with E-state index in [9.17, 15) is 9.18 Å². The van der Waals surface area contributed by atoms with E-state index < -0.39 is 11.6 Å². The molecule has 0 saturated heterocycles. The highest BCUT2D eigenvalue weighted by Gasteiger charge is 2.19. The van der Waals surface area contributed by atoms with Crippen LogP contribution in [0, 0.1) is 5.82 Å². The molecule has 0 unspecified atom stereocenters. The molecule has 1 aromatic heterocycles. The highest BCUT2D eigenvalue weighted by Crippen LogP contribution is 2.30. The van der Waals surface area contributed by atoms with E-state index in [1.54, 1.807) is 0 Å². The van der Waals surface area contributed by atoms with Gasteiger partial charge >= 0.3 is 0 Å². The van der Waals surface area contributed by atoms with Gasteiger partial charge in [0.2, 0.25) is 0 Å². The van der Waals surface area contributed by atoms with Crippen LogP contribution in [0.4, 0.5) is 4.39 Å². The largest absolute Gasteiger partial charge is 0.493 e. The lowest BCUT2D eigenvalue weighted by Gasteiger charge is -2.09. The summed E-state index contributed by atoms with van der Waals surface area (Å²) in [5.74, 6) is -0.606. The van der Waals surface area contributed by atoms with Crippen LogP contribution in [-0.4, -0.2) is 20.0 Å². The molecule has 0 saturated carbocycles. The lowest BCUT2D eigenvalue weighted by atomic mass is 10.0. The quantitative estimate of drug-likeness (QED) is 0.783. The van der Waals surface area contributed by atoms with Gasteiger partial charge in [-0.1, -0.05) is 0 Å². The van der Waals surface area contributed by atoms with Crippen molar-refractivity contribution < 1.29 is 23.1 Å². The summed E-state index contributed by atoms with van der Waals surface area (Å²) in [7, 11) is 2.82. The first kappa shape index (κ1) is 12.2. The standard InChI is InChI=1S/C13H11FO4/c1-16-11-5-9(10(14)6-12(11)17-2)13(15)8-3-4-18-7-8/h3-7H,1-2H3. The first-order valence-electron chi connectivity index (χ1n) is 5.15. The molecule has 0 atom stereocenters. The van der Waals surface area contributed by atoms with Crippen molar-refractivity contribution in [3.05, 3.63) is 47.7 Å². The van der Waals surface area contributed by atoms with Gasteiger partial charge in [0.05, 0.1) is 31.6 Å².